The van der Waals surface area contributed by atoms with Crippen molar-refractivity contribution < 1.29 is 9.59 Å². The summed E-state index contributed by atoms with van der Waals surface area (Å²) >= 11 is 0. The number of allylic oxidation sites excluding steroid dienone is 2. The van der Waals surface area contributed by atoms with Gasteiger partial charge in [-0.15, -0.1) is 13.2 Å². The van der Waals surface area contributed by atoms with E-state index in [0.717, 1.165) is 51.6 Å². The molecule has 28 heavy (non-hydrogen) atoms. The maximum atomic E-state index is 11.8. The van der Waals surface area contributed by atoms with Crippen LogP contribution in [0.4, 0.5) is 0 Å². The first kappa shape index (κ1) is 26.4. The maximum Gasteiger partial charge on any atom is 0.219 e. The lowest BCUT2D eigenvalue weighted by Crippen LogP contribution is -2.25. The van der Waals surface area contributed by atoms with Gasteiger partial charge in [0.1, 0.15) is 0 Å². The first-order valence-electron chi connectivity index (χ1n) is 11.5. The minimum Gasteiger partial charge on any atom is -0.356 e. The van der Waals surface area contributed by atoms with E-state index in [1.54, 1.807) is 0 Å². The van der Waals surface area contributed by atoms with Gasteiger partial charge in [0, 0.05) is 25.9 Å². The Bertz CT molecular complexity index is 369. The number of unbranched alkanes of at least 4 members (excludes halogenated alkanes) is 11. The minimum atomic E-state index is 0.114. The van der Waals surface area contributed by atoms with Gasteiger partial charge in [0.2, 0.25) is 11.8 Å². The van der Waals surface area contributed by atoms with Crippen molar-refractivity contribution in [2.75, 3.05) is 13.1 Å². The van der Waals surface area contributed by atoms with Gasteiger partial charge in [-0.25, -0.2) is 0 Å². The van der Waals surface area contributed by atoms with Gasteiger partial charge in [0.25, 0.3) is 0 Å². The van der Waals surface area contributed by atoms with Gasteiger partial charge in [0.15, 0.2) is 0 Å². The van der Waals surface area contributed by atoms with E-state index in [-0.39, 0.29) is 11.8 Å². The summed E-state index contributed by atoms with van der Waals surface area (Å²) < 4.78 is 0. The molecule has 0 saturated heterocycles. The van der Waals surface area contributed by atoms with Gasteiger partial charge in [-0.1, -0.05) is 50.7 Å². The highest BCUT2D eigenvalue weighted by molar-refractivity contribution is 5.77. The lowest BCUT2D eigenvalue weighted by atomic mass is 10.1. The van der Waals surface area contributed by atoms with Crippen LogP contribution in [0.1, 0.15) is 103 Å². The van der Waals surface area contributed by atoms with Crippen molar-refractivity contribution in [2.45, 2.75) is 103 Å². The topological polar surface area (TPSA) is 58.2 Å². The van der Waals surface area contributed by atoms with Crippen LogP contribution in [-0.4, -0.2) is 24.9 Å². The second-order valence-electron chi connectivity index (χ2n) is 7.60. The number of carbonyl (C=O) groups is 2. The third-order valence-electron chi connectivity index (χ3n) is 4.87. The van der Waals surface area contributed by atoms with Gasteiger partial charge < -0.3 is 10.6 Å². The van der Waals surface area contributed by atoms with E-state index in [1.807, 2.05) is 12.2 Å². The quantitative estimate of drug-likeness (QED) is 0.191. The lowest BCUT2D eigenvalue weighted by molar-refractivity contribution is -0.123. The monoisotopic (exact) mass is 392 g/mol. The standard InChI is InChI=1S/C24H44N2O2/c1-3-5-7-9-11-13-17-21-25-23(27)19-15-16-20-24(28)26-22-18-14-12-10-8-6-4-2/h3-4H,1-2,5-22H2,(H,25,27)(H,26,28). The number of hydrogen-bond acceptors (Lipinski definition) is 2. The summed E-state index contributed by atoms with van der Waals surface area (Å²) in [6.45, 7) is 9.00. The summed E-state index contributed by atoms with van der Waals surface area (Å²) in [6, 6.07) is 0. The van der Waals surface area contributed by atoms with Gasteiger partial charge in [-0.3, -0.25) is 9.59 Å². The molecule has 0 aromatic rings. The maximum absolute atomic E-state index is 11.8. The largest absolute Gasteiger partial charge is 0.356 e. The first-order chi connectivity index (χ1) is 13.7. The molecule has 0 radical (unpaired) electrons. The Morgan fingerprint density at radius 2 is 0.893 bits per heavy atom. The molecular weight excluding hydrogens is 348 g/mol. The van der Waals surface area contributed by atoms with Crippen LogP contribution in [0.25, 0.3) is 0 Å². The van der Waals surface area contributed by atoms with Gasteiger partial charge in [0.05, 0.1) is 0 Å². The molecule has 0 unspecified atom stereocenters. The van der Waals surface area contributed by atoms with Crippen molar-refractivity contribution in [3.05, 3.63) is 25.3 Å². The van der Waals surface area contributed by atoms with Gasteiger partial charge in [-0.2, -0.15) is 0 Å². The highest BCUT2D eigenvalue weighted by Crippen LogP contribution is 2.06. The summed E-state index contributed by atoms with van der Waals surface area (Å²) in [6.07, 6.45) is 20.6. The fourth-order valence-corrected chi connectivity index (χ4v) is 3.09. The summed E-state index contributed by atoms with van der Waals surface area (Å²) in [7, 11) is 0. The van der Waals surface area contributed by atoms with Crippen LogP contribution in [0, 0.1) is 0 Å². The van der Waals surface area contributed by atoms with Crippen molar-refractivity contribution in [3.63, 3.8) is 0 Å². The van der Waals surface area contributed by atoms with Crippen LogP contribution in [0.2, 0.25) is 0 Å². The third kappa shape index (κ3) is 20.7. The Labute approximate surface area is 173 Å². The Kier molecular flexibility index (Phi) is 20.5. The average Bonchev–Trinajstić information content (AvgIpc) is 2.69. The predicted molar refractivity (Wildman–Crippen MR) is 120 cm³/mol. The number of hydrogen-bond donors (Lipinski definition) is 2. The molecule has 0 spiro atoms. The molecule has 2 amide bonds. The van der Waals surface area contributed by atoms with Crippen molar-refractivity contribution in [3.8, 4) is 0 Å². The summed E-state index contributed by atoms with van der Waals surface area (Å²) in [4.78, 5) is 23.5. The van der Waals surface area contributed by atoms with Gasteiger partial charge >= 0.3 is 0 Å². The highest BCUT2D eigenvalue weighted by Gasteiger charge is 2.04. The molecule has 0 aliphatic carbocycles. The normalized spacial score (nSPS) is 10.4. The van der Waals surface area contributed by atoms with Crippen LogP contribution in [0.5, 0.6) is 0 Å². The van der Waals surface area contributed by atoms with Crippen molar-refractivity contribution in [1.82, 2.24) is 10.6 Å². The molecule has 2 N–H and O–H groups in total. The van der Waals surface area contributed by atoms with E-state index in [4.69, 9.17) is 0 Å². The molecule has 0 heterocycles. The van der Waals surface area contributed by atoms with E-state index >= 15 is 0 Å². The van der Waals surface area contributed by atoms with Crippen LogP contribution < -0.4 is 10.6 Å². The number of nitrogens with one attached hydrogen (secondary N) is 2. The van der Waals surface area contributed by atoms with E-state index in [1.165, 1.54) is 51.4 Å². The molecule has 4 heteroatoms. The van der Waals surface area contributed by atoms with Crippen molar-refractivity contribution >= 4 is 11.8 Å². The summed E-state index contributed by atoms with van der Waals surface area (Å²) in [5.74, 6) is 0.229. The number of rotatable bonds is 21. The van der Waals surface area contributed by atoms with Crippen LogP contribution in [-0.2, 0) is 9.59 Å². The fraction of sp³-hybridized carbons (Fsp3) is 0.750. The third-order valence-corrected chi connectivity index (χ3v) is 4.87. The second kappa shape index (κ2) is 21.7. The van der Waals surface area contributed by atoms with Crippen LogP contribution in [0.15, 0.2) is 25.3 Å². The van der Waals surface area contributed by atoms with Crippen molar-refractivity contribution in [1.29, 1.82) is 0 Å². The van der Waals surface area contributed by atoms with Gasteiger partial charge in [-0.05, 0) is 51.4 Å². The van der Waals surface area contributed by atoms with E-state index in [2.05, 4.69) is 23.8 Å². The average molecular weight is 393 g/mol. The molecule has 0 aromatic carbocycles. The Morgan fingerprint density at radius 1 is 0.536 bits per heavy atom. The molecule has 0 aromatic heterocycles. The molecule has 4 nitrogen and oxygen atoms in total. The molecule has 0 aliphatic rings. The molecule has 162 valence electrons. The summed E-state index contributed by atoms with van der Waals surface area (Å²) in [5, 5.41) is 5.96. The fourth-order valence-electron chi connectivity index (χ4n) is 3.09. The lowest BCUT2D eigenvalue weighted by Gasteiger charge is -2.06. The predicted octanol–water partition coefficient (Wildman–Crippen LogP) is 5.83. The van der Waals surface area contributed by atoms with E-state index < -0.39 is 0 Å². The zero-order valence-corrected chi connectivity index (χ0v) is 18.1. The Balaban J connectivity index is 3.32. The number of amides is 2. The zero-order chi connectivity index (χ0) is 20.7. The van der Waals surface area contributed by atoms with Crippen LogP contribution in [0.3, 0.4) is 0 Å². The minimum absolute atomic E-state index is 0.114. The highest BCUT2D eigenvalue weighted by atomic mass is 16.2. The second-order valence-corrected chi connectivity index (χ2v) is 7.60. The summed E-state index contributed by atoms with van der Waals surface area (Å²) in [5.41, 5.74) is 0. The molecular formula is C24H44N2O2. The Hall–Kier alpha value is -1.58. The van der Waals surface area contributed by atoms with E-state index in [0.29, 0.717) is 12.8 Å². The zero-order valence-electron chi connectivity index (χ0n) is 18.1. The first-order valence-corrected chi connectivity index (χ1v) is 11.5. The van der Waals surface area contributed by atoms with E-state index in [9.17, 15) is 9.59 Å². The number of carbonyl (C=O) groups excluding carboxylic acids is 2. The van der Waals surface area contributed by atoms with Crippen molar-refractivity contribution in [2.24, 2.45) is 0 Å². The molecule has 0 rings (SSSR count). The molecule has 0 aliphatic heterocycles. The van der Waals surface area contributed by atoms with Crippen LogP contribution >= 0.6 is 0 Å². The smallest absolute Gasteiger partial charge is 0.219 e. The molecule has 0 bridgehead atoms. The Morgan fingerprint density at radius 3 is 1.29 bits per heavy atom. The molecule has 0 saturated carbocycles. The molecule has 0 fully saturated rings. The molecule has 0 atom stereocenters. The SMILES string of the molecule is C=CCCCCCCCNC(=O)CCCCC(=O)NCCCCCCCC=C.